The zero-order valence-corrected chi connectivity index (χ0v) is 12.5. The van der Waals surface area contributed by atoms with Crippen molar-refractivity contribution in [3.63, 3.8) is 0 Å². The summed E-state index contributed by atoms with van der Waals surface area (Å²) in [6, 6.07) is 17.0. The van der Waals surface area contributed by atoms with Gasteiger partial charge in [-0.05, 0) is 29.8 Å². The molecule has 21 heavy (non-hydrogen) atoms. The molecule has 0 aliphatic heterocycles. The third-order valence-corrected chi connectivity index (χ3v) is 3.19. The molecule has 108 valence electrons. The highest BCUT2D eigenvalue weighted by Gasteiger charge is 2.09. The van der Waals surface area contributed by atoms with Crippen molar-refractivity contribution in [2.45, 2.75) is 0 Å². The van der Waals surface area contributed by atoms with Gasteiger partial charge in [0.05, 0.1) is 7.11 Å². The molecule has 0 radical (unpaired) electrons. The zero-order chi connectivity index (χ0) is 15.2. The summed E-state index contributed by atoms with van der Waals surface area (Å²) in [6.45, 7) is 0. The topological polar surface area (TPSA) is 29.5 Å². The van der Waals surface area contributed by atoms with Gasteiger partial charge in [-0.3, -0.25) is 4.79 Å². The number of nitrogens with zero attached hydrogens (tertiary/aromatic N) is 1. The Morgan fingerprint density at radius 1 is 0.952 bits per heavy atom. The molecular weight excluding hydrogens is 262 g/mol. The highest BCUT2D eigenvalue weighted by Crippen LogP contribution is 2.18. The van der Waals surface area contributed by atoms with Crippen molar-refractivity contribution < 1.29 is 9.53 Å². The van der Waals surface area contributed by atoms with Crippen molar-refractivity contribution in [1.29, 1.82) is 0 Å². The van der Waals surface area contributed by atoms with E-state index in [1.807, 2.05) is 49.3 Å². The molecule has 2 rings (SSSR count). The average molecular weight is 281 g/mol. The van der Waals surface area contributed by atoms with Crippen LogP contribution in [0.2, 0.25) is 0 Å². The fraction of sp³-hybridized carbons (Fsp3) is 0.167. The summed E-state index contributed by atoms with van der Waals surface area (Å²) in [5, 5.41) is 0. The first-order valence-corrected chi connectivity index (χ1v) is 6.74. The van der Waals surface area contributed by atoms with Crippen LogP contribution in [0.1, 0.15) is 15.9 Å². The van der Waals surface area contributed by atoms with Crippen LogP contribution in [0.3, 0.4) is 0 Å². The summed E-state index contributed by atoms with van der Waals surface area (Å²) < 4.78 is 5.10. The van der Waals surface area contributed by atoms with Crippen LogP contribution < -0.4 is 4.74 Å². The quantitative estimate of drug-likeness (QED) is 0.620. The first-order valence-electron chi connectivity index (χ1n) is 6.74. The first-order chi connectivity index (χ1) is 10.1. The van der Waals surface area contributed by atoms with E-state index in [0.29, 0.717) is 5.56 Å². The summed E-state index contributed by atoms with van der Waals surface area (Å²) in [5.41, 5.74) is 2.55. The Bertz CT molecular complexity index is 628. The third-order valence-electron chi connectivity index (χ3n) is 3.19. The van der Waals surface area contributed by atoms with Crippen LogP contribution in [0, 0.1) is 0 Å². The number of allylic oxidation sites excluding steroid dienone is 1. The number of methoxy groups -OCH3 is 1. The van der Waals surface area contributed by atoms with Crippen molar-refractivity contribution in [2.75, 3.05) is 21.2 Å². The van der Waals surface area contributed by atoms with Crippen molar-refractivity contribution >= 4 is 11.5 Å². The Morgan fingerprint density at radius 3 is 2.10 bits per heavy atom. The zero-order valence-electron chi connectivity index (χ0n) is 12.5. The molecule has 2 aromatic rings. The predicted octanol–water partition coefficient (Wildman–Crippen LogP) is 3.48. The number of rotatable bonds is 5. The number of carbonyl (C=O) groups is 1. The molecule has 0 aromatic heterocycles. The monoisotopic (exact) mass is 281 g/mol. The standard InChI is InChI=1S/C18H19NO2/c1-19(2)17(14-7-5-4-6-8-14)13-18(20)15-9-11-16(21-3)12-10-15/h4-13H,1-3H3/b17-13+. The summed E-state index contributed by atoms with van der Waals surface area (Å²) >= 11 is 0. The minimum absolute atomic E-state index is 0.0230. The van der Waals surface area contributed by atoms with E-state index < -0.39 is 0 Å². The highest BCUT2D eigenvalue weighted by molar-refractivity contribution is 6.08. The van der Waals surface area contributed by atoms with Crippen LogP contribution in [0.25, 0.3) is 5.70 Å². The molecular formula is C18H19NO2. The van der Waals surface area contributed by atoms with Crippen molar-refractivity contribution in [1.82, 2.24) is 4.90 Å². The van der Waals surface area contributed by atoms with Gasteiger partial charge < -0.3 is 9.64 Å². The van der Waals surface area contributed by atoms with Crippen LogP contribution in [0.4, 0.5) is 0 Å². The molecule has 0 aliphatic carbocycles. The average Bonchev–Trinajstić information content (AvgIpc) is 2.53. The molecule has 0 bridgehead atoms. The number of ether oxygens (including phenoxy) is 1. The molecule has 3 nitrogen and oxygen atoms in total. The summed E-state index contributed by atoms with van der Waals surface area (Å²) in [7, 11) is 5.47. The van der Waals surface area contributed by atoms with E-state index in [1.54, 1.807) is 37.5 Å². The minimum atomic E-state index is -0.0230. The van der Waals surface area contributed by atoms with Gasteiger partial charge in [-0.2, -0.15) is 0 Å². The molecule has 0 N–H and O–H groups in total. The molecule has 0 saturated heterocycles. The maximum Gasteiger partial charge on any atom is 0.187 e. The van der Waals surface area contributed by atoms with E-state index in [0.717, 1.165) is 17.0 Å². The van der Waals surface area contributed by atoms with Gasteiger partial charge in [-0.25, -0.2) is 0 Å². The van der Waals surface area contributed by atoms with E-state index in [-0.39, 0.29) is 5.78 Å². The van der Waals surface area contributed by atoms with Gasteiger partial charge in [0, 0.05) is 31.4 Å². The Kier molecular flexibility index (Phi) is 4.77. The molecule has 0 heterocycles. The first kappa shape index (κ1) is 14.9. The lowest BCUT2D eigenvalue weighted by Gasteiger charge is -2.17. The SMILES string of the molecule is COc1ccc(C(=O)/C=C(\c2ccccc2)N(C)C)cc1. The number of hydrogen-bond donors (Lipinski definition) is 0. The molecule has 0 fully saturated rings. The Morgan fingerprint density at radius 2 is 1.57 bits per heavy atom. The second kappa shape index (κ2) is 6.75. The number of carbonyl (C=O) groups excluding carboxylic acids is 1. The van der Waals surface area contributed by atoms with Crippen LogP contribution >= 0.6 is 0 Å². The van der Waals surface area contributed by atoms with Crippen LogP contribution in [0.5, 0.6) is 5.75 Å². The predicted molar refractivity (Wildman–Crippen MR) is 85.4 cm³/mol. The van der Waals surface area contributed by atoms with E-state index in [2.05, 4.69) is 0 Å². The van der Waals surface area contributed by atoms with E-state index in [9.17, 15) is 4.79 Å². The van der Waals surface area contributed by atoms with E-state index in [4.69, 9.17) is 4.74 Å². The maximum atomic E-state index is 12.4. The smallest absolute Gasteiger partial charge is 0.187 e. The molecule has 3 heteroatoms. The number of benzene rings is 2. The highest BCUT2D eigenvalue weighted by atomic mass is 16.5. The number of hydrogen-bond acceptors (Lipinski definition) is 3. The van der Waals surface area contributed by atoms with Gasteiger partial charge in [-0.1, -0.05) is 30.3 Å². The lowest BCUT2D eigenvalue weighted by Crippen LogP contribution is -2.12. The fourth-order valence-corrected chi connectivity index (χ4v) is 2.04. The van der Waals surface area contributed by atoms with Crippen LogP contribution in [-0.4, -0.2) is 31.9 Å². The van der Waals surface area contributed by atoms with Gasteiger partial charge in [-0.15, -0.1) is 0 Å². The molecule has 2 aromatic carbocycles. The number of ketones is 1. The lowest BCUT2D eigenvalue weighted by atomic mass is 10.1. The molecule has 0 amide bonds. The van der Waals surface area contributed by atoms with Gasteiger partial charge in [0.2, 0.25) is 0 Å². The molecule has 0 unspecified atom stereocenters. The summed E-state index contributed by atoms with van der Waals surface area (Å²) in [6.07, 6.45) is 1.66. The minimum Gasteiger partial charge on any atom is -0.497 e. The molecule has 0 spiro atoms. The molecule has 0 aliphatic rings. The molecule has 0 saturated carbocycles. The largest absolute Gasteiger partial charge is 0.497 e. The van der Waals surface area contributed by atoms with Gasteiger partial charge in [0.1, 0.15) is 5.75 Å². The van der Waals surface area contributed by atoms with Gasteiger partial charge >= 0.3 is 0 Å². The van der Waals surface area contributed by atoms with Crippen molar-refractivity contribution in [2.24, 2.45) is 0 Å². The van der Waals surface area contributed by atoms with Gasteiger partial charge in [0.15, 0.2) is 5.78 Å². The third kappa shape index (κ3) is 3.72. The summed E-state index contributed by atoms with van der Waals surface area (Å²) in [4.78, 5) is 14.3. The van der Waals surface area contributed by atoms with Crippen molar-refractivity contribution in [3.05, 3.63) is 71.8 Å². The lowest BCUT2D eigenvalue weighted by molar-refractivity contribution is 0.104. The second-order valence-electron chi connectivity index (χ2n) is 4.88. The fourth-order valence-electron chi connectivity index (χ4n) is 2.04. The normalized spacial score (nSPS) is 11.1. The summed E-state index contributed by atoms with van der Waals surface area (Å²) in [5.74, 6) is 0.719. The van der Waals surface area contributed by atoms with Crippen LogP contribution in [0.15, 0.2) is 60.7 Å². The Labute approximate surface area is 125 Å². The molecule has 0 atom stereocenters. The second-order valence-corrected chi connectivity index (χ2v) is 4.88. The Balaban J connectivity index is 2.31. The van der Waals surface area contributed by atoms with Crippen LogP contribution in [-0.2, 0) is 0 Å². The van der Waals surface area contributed by atoms with Crippen molar-refractivity contribution in [3.8, 4) is 5.75 Å². The van der Waals surface area contributed by atoms with Gasteiger partial charge in [0.25, 0.3) is 0 Å². The van der Waals surface area contributed by atoms with E-state index in [1.165, 1.54) is 0 Å². The van der Waals surface area contributed by atoms with E-state index >= 15 is 0 Å². The maximum absolute atomic E-state index is 12.4. The Hall–Kier alpha value is -2.55.